The topological polar surface area (TPSA) is 81.5 Å². The molecular weight excluding hydrogens is 260 g/mol. The van der Waals surface area contributed by atoms with E-state index in [1.54, 1.807) is 6.92 Å². The van der Waals surface area contributed by atoms with Gasteiger partial charge in [-0.3, -0.25) is 10.1 Å². The second-order valence-electron chi connectivity index (χ2n) is 3.55. The van der Waals surface area contributed by atoms with Crippen molar-refractivity contribution in [3.8, 4) is 0 Å². The molecular formula is C11H13ClN2O4. The first-order chi connectivity index (χ1) is 8.49. The molecule has 0 aliphatic rings. The van der Waals surface area contributed by atoms with E-state index in [9.17, 15) is 14.9 Å². The van der Waals surface area contributed by atoms with E-state index in [0.717, 1.165) is 0 Å². The fraction of sp³-hybridized carbons (Fsp3) is 0.364. The summed E-state index contributed by atoms with van der Waals surface area (Å²) in [4.78, 5) is 21.7. The van der Waals surface area contributed by atoms with Crippen LogP contribution in [0.1, 0.15) is 13.3 Å². The number of anilines is 1. The van der Waals surface area contributed by atoms with E-state index in [4.69, 9.17) is 11.6 Å². The van der Waals surface area contributed by atoms with Gasteiger partial charge in [0.15, 0.2) is 0 Å². The van der Waals surface area contributed by atoms with Gasteiger partial charge >= 0.3 is 5.97 Å². The lowest BCUT2D eigenvalue weighted by molar-refractivity contribution is -0.384. The molecule has 18 heavy (non-hydrogen) atoms. The lowest BCUT2D eigenvalue weighted by Crippen LogP contribution is -2.30. The fourth-order valence-electron chi connectivity index (χ4n) is 1.44. The number of halogens is 1. The highest BCUT2D eigenvalue weighted by Crippen LogP contribution is 2.28. The lowest BCUT2D eigenvalue weighted by atomic mass is 10.2. The highest BCUT2D eigenvalue weighted by atomic mass is 35.5. The minimum atomic E-state index is -0.630. The number of rotatable bonds is 5. The standard InChI is InChI=1S/C11H13ClN2O4/c1-3-8(11(15)18-2)13-9-5-4-7(12)6-10(9)14(16)17/h4-6,8,13H,3H2,1-2H3. The van der Waals surface area contributed by atoms with E-state index < -0.39 is 16.9 Å². The molecule has 0 saturated carbocycles. The minimum absolute atomic E-state index is 0.176. The highest BCUT2D eigenvalue weighted by molar-refractivity contribution is 6.30. The first-order valence-electron chi connectivity index (χ1n) is 5.27. The number of carbonyl (C=O) groups excluding carboxylic acids is 1. The molecule has 0 saturated heterocycles. The Morgan fingerprint density at radius 3 is 2.78 bits per heavy atom. The number of nitro groups is 1. The van der Waals surface area contributed by atoms with Gasteiger partial charge in [-0.1, -0.05) is 18.5 Å². The summed E-state index contributed by atoms with van der Waals surface area (Å²) in [5, 5.41) is 13.9. The number of hydrogen-bond donors (Lipinski definition) is 1. The van der Waals surface area contributed by atoms with E-state index in [1.807, 2.05) is 0 Å². The number of methoxy groups -OCH3 is 1. The van der Waals surface area contributed by atoms with Crippen LogP contribution in [0.15, 0.2) is 18.2 Å². The fourth-order valence-corrected chi connectivity index (χ4v) is 1.60. The third kappa shape index (κ3) is 3.33. The Morgan fingerprint density at radius 2 is 2.28 bits per heavy atom. The van der Waals surface area contributed by atoms with Crippen molar-refractivity contribution in [1.82, 2.24) is 0 Å². The monoisotopic (exact) mass is 272 g/mol. The molecule has 7 heteroatoms. The Hall–Kier alpha value is -1.82. The number of carbonyl (C=O) groups is 1. The van der Waals surface area contributed by atoms with Crippen molar-refractivity contribution in [1.29, 1.82) is 0 Å². The van der Waals surface area contributed by atoms with Crippen LogP contribution in [0.4, 0.5) is 11.4 Å². The highest BCUT2D eigenvalue weighted by Gasteiger charge is 2.21. The van der Waals surface area contributed by atoms with Crippen LogP contribution in [-0.4, -0.2) is 24.0 Å². The van der Waals surface area contributed by atoms with E-state index in [2.05, 4.69) is 10.1 Å². The van der Waals surface area contributed by atoms with Crippen LogP contribution < -0.4 is 5.32 Å². The van der Waals surface area contributed by atoms with Crippen molar-refractivity contribution in [2.24, 2.45) is 0 Å². The Labute approximate surface area is 109 Å². The van der Waals surface area contributed by atoms with Crippen LogP contribution in [0, 0.1) is 10.1 Å². The summed E-state index contributed by atoms with van der Waals surface area (Å²) in [7, 11) is 1.27. The Balaban J connectivity index is 3.02. The zero-order valence-corrected chi connectivity index (χ0v) is 10.7. The average molecular weight is 273 g/mol. The van der Waals surface area contributed by atoms with Crippen LogP contribution in [0.3, 0.4) is 0 Å². The maximum absolute atomic E-state index is 11.4. The average Bonchev–Trinajstić information content (AvgIpc) is 2.36. The van der Waals surface area contributed by atoms with Gasteiger partial charge in [0.1, 0.15) is 11.7 Å². The summed E-state index contributed by atoms with van der Waals surface area (Å²) in [5.74, 6) is -0.471. The number of nitrogens with one attached hydrogen (secondary N) is 1. The number of esters is 1. The van der Waals surface area contributed by atoms with Gasteiger partial charge in [-0.05, 0) is 18.6 Å². The molecule has 6 nitrogen and oxygen atoms in total. The van der Waals surface area contributed by atoms with E-state index >= 15 is 0 Å². The maximum atomic E-state index is 11.4. The van der Waals surface area contributed by atoms with Gasteiger partial charge in [0.25, 0.3) is 5.69 Å². The second kappa shape index (κ2) is 6.20. The van der Waals surface area contributed by atoms with Crippen LogP contribution >= 0.6 is 11.6 Å². The Morgan fingerprint density at radius 1 is 1.61 bits per heavy atom. The molecule has 1 atom stereocenters. The van der Waals surface area contributed by atoms with Gasteiger partial charge in [-0.15, -0.1) is 0 Å². The number of nitro benzene ring substituents is 1. The van der Waals surface area contributed by atoms with Gasteiger partial charge in [0.2, 0.25) is 0 Å². The maximum Gasteiger partial charge on any atom is 0.328 e. The number of hydrogen-bond acceptors (Lipinski definition) is 5. The first kappa shape index (κ1) is 14.2. The Bertz CT molecular complexity index is 464. The molecule has 98 valence electrons. The molecule has 1 aromatic rings. The summed E-state index contributed by atoms with van der Waals surface area (Å²) in [6, 6.07) is 3.58. The molecule has 0 spiro atoms. The summed E-state index contributed by atoms with van der Waals surface area (Å²) >= 11 is 5.70. The predicted octanol–water partition coefficient (Wildman–Crippen LogP) is 2.61. The van der Waals surface area contributed by atoms with Gasteiger partial charge in [-0.25, -0.2) is 4.79 Å². The summed E-state index contributed by atoms with van der Waals surface area (Å²) in [5.41, 5.74) is 0.0616. The number of benzene rings is 1. The number of nitrogens with zero attached hydrogens (tertiary/aromatic N) is 1. The van der Waals surface area contributed by atoms with Crippen molar-refractivity contribution < 1.29 is 14.5 Å². The van der Waals surface area contributed by atoms with E-state index in [-0.39, 0.29) is 16.4 Å². The minimum Gasteiger partial charge on any atom is -0.467 e. The molecule has 0 amide bonds. The molecule has 0 heterocycles. The first-order valence-corrected chi connectivity index (χ1v) is 5.65. The van der Waals surface area contributed by atoms with Crippen molar-refractivity contribution in [3.63, 3.8) is 0 Å². The van der Waals surface area contributed by atoms with Crippen LogP contribution in [0.5, 0.6) is 0 Å². The van der Waals surface area contributed by atoms with Gasteiger partial charge in [0, 0.05) is 11.1 Å². The van der Waals surface area contributed by atoms with Crippen molar-refractivity contribution in [2.45, 2.75) is 19.4 Å². The molecule has 1 rings (SSSR count). The molecule has 0 fully saturated rings. The van der Waals surface area contributed by atoms with Gasteiger partial charge in [-0.2, -0.15) is 0 Å². The third-order valence-electron chi connectivity index (χ3n) is 2.38. The molecule has 0 radical (unpaired) electrons. The van der Waals surface area contributed by atoms with Gasteiger partial charge < -0.3 is 10.1 Å². The predicted molar refractivity (Wildman–Crippen MR) is 67.8 cm³/mol. The zero-order chi connectivity index (χ0) is 13.7. The molecule has 0 aliphatic carbocycles. The normalized spacial score (nSPS) is 11.7. The molecule has 1 unspecified atom stereocenters. The van der Waals surface area contributed by atoms with Crippen molar-refractivity contribution in [2.75, 3.05) is 12.4 Å². The summed E-state index contributed by atoms with van der Waals surface area (Å²) in [6.45, 7) is 1.77. The smallest absolute Gasteiger partial charge is 0.328 e. The quantitative estimate of drug-likeness (QED) is 0.506. The largest absolute Gasteiger partial charge is 0.467 e. The van der Waals surface area contributed by atoms with Crippen LogP contribution in [-0.2, 0) is 9.53 Å². The van der Waals surface area contributed by atoms with Crippen LogP contribution in [0.2, 0.25) is 5.02 Å². The van der Waals surface area contributed by atoms with Crippen molar-refractivity contribution >= 4 is 28.9 Å². The lowest BCUT2D eigenvalue weighted by Gasteiger charge is -2.15. The molecule has 0 aromatic heterocycles. The van der Waals surface area contributed by atoms with Crippen molar-refractivity contribution in [3.05, 3.63) is 33.3 Å². The third-order valence-corrected chi connectivity index (χ3v) is 2.62. The molecule has 1 aromatic carbocycles. The summed E-state index contributed by atoms with van der Waals surface area (Å²) in [6.07, 6.45) is 0.451. The molecule has 1 N–H and O–H groups in total. The zero-order valence-electron chi connectivity index (χ0n) is 9.97. The SMILES string of the molecule is CCC(Nc1ccc(Cl)cc1[N+](=O)[O-])C(=O)OC. The molecule has 0 bridgehead atoms. The van der Waals surface area contributed by atoms with E-state index in [0.29, 0.717) is 6.42 Å². The van der Waals surface area contributed by atoms with Gasteiger partial charge in [0.05, 0.1) is 12.0 Å². The second-order valence-corrected chi connectivity index (χ2v) is 3.98. The van der Waals surface area contributed by atoms with Crippen LogP contribution in [0.25, 0.3) is 0 Å². The summed E-state index contributed by atoms with van der Waals surface area (Å²) < 4.78 is 4.60. The Kier molecular flexibility index (Phi) is 4.91. The number of ether oxygens (including phenoxy) is 1. The van der Waals surface area contributed by atoms with E-state index in [1.165, 1.54) is 25.3 Å². The molecule has 0 aliphatic heterocycles.